The Morgan fingerprint density at radius 1 is 1.14 bits per heavy atom. The van der Waals surface area contributed by atoms with E-state index in [1.165, 1.54) is 6.20 Å². The number of hydrogen-bond donors (Lipinski definition) is 0. The average molecular weight is 388 g/mol. The first-order valence-electron chi connectivity index (χ1n) is 9.09. The second-order valence-corrected chi connectivity index (χ2v) is 7.00. The average Bonchev–Trinajstić information content (AvgIpc) is 3.22. The fraction of sp³-hybridized carbons (Fsp3) is 0.350. The molecule has 146 valence electrons. The van der Waals surface area contributed by atoms with Gasteiger partial charge in [0, 0.05) is 18.8 Å². The van der Waals surface area contributed by atoms with E-state index >= 15 is 0 Å². The van der Waals surface area contributed by atoms with Crippen LogP contribution in [0.1, 0.15) is 37.3 Å². The van der Waals surface area contributed by atoms with Crippen molar-refractivity contribution in [2.75, 3.05) is 11.4 Å². The zero-order chi connectivity index (χ0) is 19.7. The SMILES string of the molecule is CC1CCN(c2cc(C(F)(F)F)nc(-c3ccccn3)n2)C(c2ccco2)C1. The van der Waals surface area contributed by atoms with Gasteiger partial charge in [0.05, 0.1) is 12.3 Å². The third-order valence-corrected chi connectivity index (χ3v) is 4.93. The van der Waals surface area contributed by atoms with Crippen LogP contribution >= 0.6 is 0 Å². The molecule has 8 heteroatoms. The molecule has 1 saturated heterocycles. The second-order valence-electron chi connectivity index (χ2n) is 7.00. The largest absolute Gasteiger partial charge is 0.467 e. The van der Waals surface area contributed by atoms with Crippen LogP contribution in [0.25, 0.3) is 11.5 Å². The number of nitrogens with zero attached hydrogens (tertiary/aromatic N) is 4. The molecule has 2 atom stereocenters. The molecule has 3 aromatic heterocycles. The van der Waals surface area contributed by atoms with E-state index in [2.05, 4.69) is 21.9 Å². The first-order valence-corrected chi connectivity index (χ1v) is 9.09. The van der Waals surface area contributed by atoms with Gasteiger partial charge in [0.15, 0.2) is 11.5 Å². The van der Waals surface area contributed by atoms with Crippen LogP contribution in [0.3, 0.4) is 0 Å². The Balaban J connectivity index is 1.81. The Labute approximate surface area is 160 Å². The lowest BCUT2D eigenvalue weighted by atomic mass is 9.91. The molecule has 4 heterocycles. The number of halogens is 3. The van der Waals surface area contributed by atoms with E-state index in [1.54, 1.807) is 30.5 Å². The van der Waals surface area contributed by atoms with Crippen molar-refractivity contribution < 1.29 is 17.6 Å². The summed E-state index contributed by atoms with van der Waals surface area (Å²) in [6, 6.07) is 9.46. The first-order chi connectivity index (χ1) is 13.4. The molecule has 0 amide bonds. The molecular formula is C20H19F3N4O. The molecule has 0 aromatic carbocycles. The van der Waals surface area contributed by atoms with E-state index < -0.39 is 11.9 Å². The molecule has 3 aromatic rings. The highest BCUT2D eigenvalue weighted by Gasteiger charge is 2.36. The molecule has 1 aliphatic heterocycles. The lowest BCUT2D eigenvalue weighted by molar-refractivity contribution is -0.141. The molecule has 2 unspecified atom stereocenters. The third kappa shape index (κ3) is 3.72. The summed E-state index contributed by atoms with van der Waals surface area (Å²) in [4.78, 5) is 14.1. The van der Waals surface area contributed by atoms with Crippen LogP contribution in [0.5, 0.6) is 0 Å². The molecule has 0 aliphatic carbocycles. The van der Waals surface area contributed by atoms with Crippen molar-refractivity contribution >= 4 is 5.82 Å². The molecule has 0 saturated carbocycles. The van der Waals surface area contributed by atoms with E-state index in [0.29, 0.717) is 18.2 Å². The predicted octanol–water partition coefficient (Wildman–Crippen LogP) is 5.13. The highest BCUT2D eigenvalue weighted by molar-refractivity contribution is 5.55. The summed E-state index contributed by atoms with van der Waals surface area (Å²) in [6.45, 7) is 2.72. The summed E-state index contributed by atoms with van der Waals surface area (Å²) in [7, 11) is 0. The normalized spacial score (nSPS) is 20.4. The van der Waals surface area contributed by atoms with E-state index in [9.17, 15) is 13.2 Å². The summed E-state index contributed by atoms with van der Waals surface area (Å²) >= 11 is 0. The minimum atomic E-state index is -4.58. The summed E-state index contributed by atoms with van der Waals surface area (Å²) in [5.74, 6) is 1.35. The summed E-state index contributed by atoms with van der Waals surface area (Å²) in [5.41, 5.74) is -0.676. The van der Waals surface area contributed by atoms with Gasteiger partial charge in [-0.3, -0.25) is 4.98 Å². The Morgan fingerprint density at radius 3 is 2.68 bits per heavy atom. The number of aromatic nitrogens is 3. The van der Waals surface area contributed by atoms with Crippen LogP contribution < -0.4 is 4.90 Å². The van der Waals surface area contributed by atoms with Crippen LogP contribution in [0, 0.1) is 5.92 Å². The fourth-order valence-electron chi connectivity index (χ4n) is 3.50. The summed E-state index contributed by atoms with van der Waals surface area (Å²) in [5, 5.41) is 0. The number of rotatable bonds is 3. The molecule has 1 fully saturated rings. The number of pyridine rings is 1. The topological polar surface area (TPSA) is 55.1 Å². The second kappa shape index (κ2) is 7.26. The minimum Gasteiger partial charge on any atom is -0.467 e. The van der Waals surface area contributed by atoms with Crippen molar-refractivity contribution in [3.05, 3.63) is 60.3 Å². The van der Waals surface area contributed by atoms with E-state index in [0.717, 1.165) is 24.7 Å². The molecular weight excluding hydrogens is 369 g/mol. The quantitative estimate of drug-likeness (QED) is 0.623. The van der Waals surface area contributed by atoms with Crippen LogP contribution in [-0.2, 0) is 6.18 Å². The van der Waals surface area contributed by atoms with Crippen LogP contribution in [0.15, 0.2) is 53.3 Å². The molecule has 0 radical (unpaired) electrons. The van der Waals surface area contributed by atoms with E-state index in [1.807, 2.05) is 11.0 Å². The van der Waals surface area contributed by atoms with Crippen molar-refractivity contribution in [1.29, 1.82) is 0 Å². The Bertz CT molecular complexity index is 928. The predicted molar refractivity (Wildman–Crippen MR) is 97.5 cm³/mol. The molecule has 4 rings (SSSR count). The molecule has 28 heavy (non-hydrogen) atoms. The van der Waals surface area contributed by atoms with Gasteiger partial charge in [-0.2, -0.15) is 13.2 Å². The number of furan rings is 1. The van der Waals surface area contributed by atoms with Crippen molar-refractivity contribution in [3.63, 3.8) is 0 Å². The lowest BCUT2D eigenvalue weighted by Gasteiger charge is -2.38. The highest BCUT2D eigenvalue weighted by Crippen LogP contribution is 2.39. The maximum Gasteiger partial charge on any atom is 0.433 e. The zero-order valence-electron chi connectivity index (χ0n) is 15.2. The lowest BCUT2D eigenvalue weighted by Crippen LogP contribution is -2.37. The van der Waals surface area contributed by atoms with Crippen LogP contribution in [-0.4, -0.2) is 21.5 Å². The third-order valence-electron chi connectivity index (χ3n) is 4.93. The maximum atomic E-state index is 13.5. The smallest absolute Gasteiger partial charge is 0.433 e. The van der Waals surface area contributed by atoms with Crippen LogP contribution in [0.2, 0.25) is 0 Å². The highest BCUT2D eigenvalue weighted by atomic mass is 19.4. The van der Waals surface area contributed by atoms with E-state index in [-0.39, 0.29) is 17.7 Å². The van der Waals surface area contributed by atoms with Gasteiger partial charge in [0.2, 0.25) is 0 Å². The first kappa shape index (κ1) is 18.5. The molecule has 0 N–H and O–H groups in total. The summed E-state index contributed by atoms with van der Waals surface area (Å²) in [6.07, 6.45) is 0.143. The monoisotopic (exact) mass is 388 g/mol. The van der Waals surface area contributed by atoms with Gasteiger partial charge in [0.1, 0.15) is 17.3 Å². The van der Waals surface area contributed by atoms with Crippen LogP contribution in [0.4, 0.5) is 19.0 Å². The standard InChI is InChI=1S/C20H19F3N4O/c1-13-7-9-27(15(11-13)16-6-4-10-28-16)18-12-17(20(21,22)23)25-19(26-18)14-5-2-3-8-24-14/h2-6,8,10,12-13,15H,7,9,11H2,1H3. The number of hydrogen-bond acceptors (Lipinski definition) is 5. The Morgan fingerprint density at radius 2 is 2.00 bits per heavy atom. The minimum absolute atomic E-state index is 0.0396. The van der Waals surface area contributed by atoms with Gasteiger partial charge in [0.25, 0.3) is 0 Å². The van der Waals surface area contributed by atoms with Crippen molar-refractivity contribution in [2.24, 2.45) is 5.92 Å². The Hall–Kier alpha value is -2.90. The molecule has 1 aliphatic rings. The number of anilines is 1. The van der Waals surface area contributed by atoms with Crippen molar-refractivity contribution in [2.45, 2.75) is 32.0 Å². The Kier molecular flexibility index (Phi) is 4.78. The molecule has 5 nitrogen and oxygen atoms in total. The summed E-state index contributed by atoms with van der Waals surface area (Å²) < 4.78 is 46.1. The van der Waals surface area contributed by atoms with Crippen molar-refractivity contribution in [3.8, 4) is 11.5 Å². The van der Waals surface area contributed by atoms with Gasteiger partial charge in [-0.1, -0.05) is 13.0 Å². The zero-order valence-corrected chi connectivity index (χ0v) is 15.2. The van der Waals surface area contributed by atoms with Gasteiger partial charge >= 0.3 is 6.18 Å². The van der Waals surface area contributed by atoms with Gasteiger partial charge in [-0.05, 0) is 43.0 Å². The number of alkyl halides is 3. The molecule has 0 spiro atoms. The molecule has 0 bridgehead atoms. The maximum absolute atomic E-state index is 13.5. The fourth-order valence-corrected chi connectivity index (χ4v) is 3.50. The number of piperidine rings is 1. The van der Waals surface area contributed by atoms with Crippen molar-refractivity contribution in [1.82, 2.24) is 15.0 Å². The van der Waals surface area contributed by atoms with Gasteiger partial charge in [-0.25, -0.2) is 9.97 Å². The van der Waals surface area contributed by atoms with Gasteiger partial charge in [-0.15, -0.1) is 0 Å². The van der Waals surface area contributed by atoms with Gasteiger partial charge < -0.3 is 9.32 Å². The van der Waals surface area contributed by atoms with E-state index in [4.69, 9.17) is 4.42 Å².